The van der Waals surface area contributed by atoms with Gasteiger partial charge in [-0.1, -0.05) is 23.7 Å². The van der Waals surface area contributed by atoms with Crippen molar-refractivity contribution in [2.24, 2.45) is 0 Å². The molecule has 104 valence electrons. The molecule has 0 saturated heterocycles. The standard InChI is InChI=1S/C14H13ClN2O3/c1-8-11(9-3-2-4-10(15)5-9)6-16-14(13(8)20)17-7-12(18)19/h2-6,20H,7H2,1H3,(H,16,17)(H,18,19). The highest BCUT2D eigenvalue weighted by Crippen LogP contribution is 2.33. The van der Waals surface area contributed by atoms with Crippen LogP contribution in [0.15, 0.2) is 30.5 Å². The summed E-state index contributed by atoms with van der Waals surface area (Å²) in [7, 11) is 0. The zero-order valence-electron chi connectivity index (χ0n) is 10.7. The zero-order valence-corrected chi connectivity index (χ0v) is 11.5. The Morgan fingerprint density at radius 2 is 2.20 bits per heavy atom. The molecular weight excluding hydrogens is 280 g/mol. The van der Waals surface area contributed by atoms with Gasteiger partial charge in [0.25, 0.3) is 0 Å². The molecule has 0 bridgehead atoms. The number of hydrogen-bond donors (Lipinski definition) is 3. The van der Waals surface area contributed by atoms with Crippen LogP contribution in [0.3, 0.4) is 0 Å². The summed E-state index contributed by atoms with van der Waals surface area (Å²) in [6, 6.07) is 7.20. The van der Waals surface area contributed by atoms with E-state index in [4.69, 9.17) is 16.7 Å². The maximum atomic E-state index is 10.5. The molecule has 0 atom stereocenters. The second-order valence-electron chi connectivity index (χ2n) is 4.25. The van der Waals surface area contributed by atoms with Gasteiger partial charge in [0.05, 0.1) is 0 Å². The average molecular weight is 293 g/mol. The van der Waals surface area contributed by atoms with E-state index in [0.717, 1.165) is 11.1 Å². The highest BCUT2D eigenvalue weighted by Gasteiger charge is 2.12. The fourth-order valence-corrected chi connectivity index (χ4v) is 2.02. The number of benzene rings is 1. The number of aliphatic carboxylic acids is 1. The molecule has 0 saturated carbocycles. The summed E-state index contributed by atoms with van der Waals surface area (Å²) in [5, 5.41) is 21.8. The van der Waals surface area contributed by atoms with E-state index >= 15 is 0 Å². The van der Waals surface area contributed by atoms with Gasteiger partial charge >= 0.3 is 5.97 Å². The molecule has 0 spiro atoms. The minimum Gasteiger partial charge on any atom is -0.504 e. The van der Waals surface area contributed by atoms with Crippen LogP contribution in [0.1, 0.15) is 5.56 Å². The molecule has 0 unspecified atom stereocenters. The molecule has 1 aromatic heterocycles. The van der Waals surface area contributed by atoms with Crippen LogP contribution in [0.5, 0.6) is 5.75 Å². The summed E-state index contributed by atoms with van der Waals surface area (Å²) in [6.45, 7) is 1.43. The molecule has 0 fully saturated rings. The van der Waals surface area contributed by atoms with Crippen LogP contribution < -0.4 is 5.32 Å². The van der Waals surface area contributed by atoms with Crippen LogP contribution in [-0.4, -0.2) is 27.7 Å². The quantitative estimate of drug-likeness (QED) is 0.807. The summed E-state index contributed by atoms with van der Waals surface area (Å²) in [6.07, 6.45) is 1.57. The lowest BCUT2D eigenvalue weighted by Gasteiger charge is -2.12. The van der Waals surface area contributed by atoms with Crippen molar-refractivity contribution >= 4 is 23.4 Å². The van der Waals surface area contributed by atoms with Gasteiger partial charge in [-0.15, -0.1) is 0 Å². The molecule has 0 aliphatic carbocycles. The molecular formula is C14H13ClN2O3. The van der Waals surface area contributed by atoms with Gasteiger partial charge in [0.15, 0.2) is 11.6 Å². The largest absolute Gasteiger partial charge is 0.504 e. The minimum absolute atomic E-state index is 0.0660. The van der Waals surface area contributed by atoms with Gasteiger partial charge in [-0.3, -0.25) is 4.79 Å². The second-order valence-corrected chi connectivity index (χ2v) is 4.69. The predicted octanol–water partition coefficient (Wildman–Crippen LogP) is 2.91. The lowest BCUT2D eigenvalue weighted by Crippen LogP contribution is -2.13. The van der Waals surface area contributed by atoms with Gasteiger partial charge in [-0.2, -0.15) is 0 Å². The van der Waals surface area contributed by atoms with Crippen molar-refractivity contribution in [2.45, 2.75) is 6.92 Å². The number of halogens is 1. The number of aromatic hydroxyl groups is 1. The van der Waals surface area contributed by atoms with Crippen molar-refractivity contribution in [3.05, 3.63) is 41.0 Å². The fourth-order valence-electron chi connectivity index (χ4n) is 1.83. The summed E-state index contributed by atoms with van der Waals surface area (Å²) in [4.78, 5) is 14.6. The topological polar surface area (TPSA) is 82.5 Å². The Balaban J connectivity index is 2.38. The molecule has 0 amide bonds. The molecule has 0 aliphatic rings. The first kappa shape index (κ1) is 14.1. The Labute approximate surface area is 120 Å². The summed E-state index contributed by atoms with van der Waals surface area (Å²) in [5.74, 6) is -0.942. The number of nitrogens with zero attached hydrogens (tertiary/aromatic N) is 1. The second kappa shape index (κ2) is 5.79. The van der Waals surface area contributed by atoms with Gasteiger partial charge in [0.1, 0.15) is 6.54 Å². The Bertz CT molecular complexity index is 659. The van der Waals surface area contributed by atoms with Crippen molar-refractivity contribution in [3.8, 4) is 16.9 Å². The molecule has 2 aromatic rings. The van der Waals surface area contributed by atoms with E-state index in [1.54, 1.807) is 25.3 Å². The molecule has 3 N–H and O–H groups in total. The summed E-state index contributed by atoms with van der Waals surface area (Å²) in [5.41, 5.74) is 2.18. The highest BCUT2D eigenvalue weighted by molar-refractivity contribution is 6.30. The maximum Gasteiger partial charge on any atom is 0.322 e. The minimum atomic E-state index is -1.03. The van der Waals surface area contributed by atoms with Gasteiger partial charge in [-0.25, -0.2) is 4.98 Å². The third-order valence-corrected chi connectivity index (χ3v) is 3.08. The van der Waals surface area contributed by atoms with E-state index in [-0.39, 0.29) is 18.1 Å². The molecule has 1 aromatic carbocycles. The van der Waals surface area contributed by atoms with Crippen LogP contribution >= 0.6 is 11.6 Å². The van der Waals surface area contributed by atoms with Gasteiger partial charge in [0.2, 0.25) is 0 Å². The first-order chi connectivity index (χ1) is 9.49. The highest BCUT2D eigenvalue weighted by atomic mass is 35.5. The third-order valence-electron chi connectivity index (χ3n) is 2.85. The van der Waals surface area contributed by atoms with Crippen LogP contribution in [-0.2, 0) is 4.79 Å². The SMILES string of the molecule is Cc1c(-c2cccc(Cl)c2)cnc(NCC(=O)O)c1O. The Kier molecular flexibility index (Phi) is 4.10. The van der Waals surface area contributed by atoms with E-state index in [9.17, 15) is 9.90 Å². The first-order valence-corrected chi connectivity index (χ1v) is 6.27. The molecule has 1 heterocycles. The number of nitrogens with one attached hydrogen (secondary N) is 1. The van der Waals surface area contributed by atoms with Gasteiger partial charge < -0.3 is 15.5 Å². The Morgan fingerprint density at radius 1 is 1.45 bits per heavy atom. The Morgan fingerprint density at radius 3 is 2.85 bits per heavy atom. The van der Waals surface area contributed by atoms with E-state index in [2.05, 4.69) is 10.3 Å². The molecule has 0 radical (unpaired) electrons. The Hall–Kier alpha value is -2.27. The molecule has 5 nitrogen and oxygen atoms in total. The normalized spacial score (nSPS) is 10.3. The number of carboxylic acid groups (broad SMARTS) is 1. The third kappa shape index (κ3) is 3.00. The fraction of sp³-hybridized carbons (Fsp3) is 0.143. The van der Waals surface area contributed by atoms with E-state index < -0.39 is 5.97 Å². The molecule has 6 heteroatoms. The number of rotatable bonds is 4. The first-order valence-electron chi connectivity index (χ1n) is 5.89. The number of pyridine rings is 1. The molecule has 2 rings (SSSR count). The van der Waals surface area contributed by atoms with Gasteiger partial charge in [0, 0.05) is 22.3 Å². The van der Waals surface area contributed by atoms with Crippen molar-refractivity contribution in [1.29, 1.82) is 0 Å². The van der Waals surface area contributed by atoms with Crippen molar-refractivity contribution in [1.82, 2.24) is 4.98 Å². The average Bonchev–Trinajstić information content (AvgIpc) is 2.40. The number of hydrogen-bond acceptors (Lipinski definition) is 4. The summed E-state index contributed by atoms with van der Waals surface area (Å²) < 4.78 is 0. The molecule has 0 aliphatic heterocycles. The smallest absolute Gasteiger partial charge is 0.322 e. The number of carbonyl (C=O) groups is 1. The van der Waals surface area contributed by atoms with Crippen LogP contribution in [0, 0.1) is 6.92 Å². The molecule has 20 heavy (non-hydrogen) atoms. The lowest BCUT2D eigenvalue weighted by atomic mass is 10.0. The van der Waals surface area contributed by atoms with Crippen molar-refractivity contribution in [3.63, 3.8) is 0 Å². The van der Waals surface area contributed by atoms with Crippen molar-refractivity contribution < 1.29 is 15.0 Å². The van der Waals surface area contributed by atoms with Crippen LogP contribution in [0.25, 0.3) is 11.1 Å². The maximum absolute atomic E-state index is 10.5. The summed E-state index contributed by atoms with van der Waals surface area (Å²) >= 11 is 5.94. The monoisotopic (exact) mass is 292 g/mol. The van der Waals surface area contributed by atoms with E-state index in [1.807, 2.05) is 12.1 Å². The van der Waals surface area contributed by atoms with Crippen LogP contribution in [0.2, 0.25) is 5.02 Å². The van der Waals surface area contributed by atoms with Crippen molar-refractivity contribution in [2.75, 3.05) is 11.9 Å². The van der Waals surface area contributed by atoms with E-state index in [0.29, 0.717) is 10.6 Å². The van der Waals surface area contributed by atoms with Gasteiger partial charge in [-0.05, 0) is 24.6 Å². The lowest BCUT2D eigenvalue weighted by molar-refractivity contribution is -0.134. The van der Waals surface area contributed by atoms with E-state index in [1.165, 1.54) is 0 Å². The predicted molar refractivity (Wildman–Crippen MR) is 77.2 cm³/mol. The zero-order chi connectivity index (χ0) is 14.7. The number of aromatic nitrogens is 1. The number of anilines is 1. The van der Waals surface area contributed by atoms with Crippen LogP contribution in [0.4, 0.5) is 5.82 Å². The number of carboxylic acids is 1.